The Morgan fingerprint density at radius 2 is 1.45 bits per heavy atom. The van der Waals surface area contributed by atoms with Crippen LogP contribution in [0.3, 0.4) is 0 Å². The molecule has 0 heteroatoms. The van der Waals surface area contributed by atoms with Gasteiger partial charge in [0.2, 0.25) is 0 Å². The van der Waals surface area contributed by atoms with Crippen LogP contribution < -0.4 is 0 Å². The lowest BCUT2D eigenvalue weighted by molar-refractivity contribution is 0.482. The van der Waals surface area contributed by atoms with Crippen LogP contribution in [-0.2, 0) is 5.41 Å². The summed E-state index contributed by atoms with van der Waals surface area (Å²) in [5.74, 6) is 0. The van der Waals surface area contributed by atoms with E-state index in [2.05, 4.69) is 85.8 Å². The predicted octanol–water partition coefficient (Wildman–Crippen LogP) is 6.05. The molecule has 0 heterocycles. The Morgan fingerprint density at radius 3 is 1.91 bits per heavy atom. The van der Waals surface area contributed by atoms with Gasteiger partial charge in [0.05, 0.1) is 0 Å². The van der Waals surface area contributed by atoms with Gasteiger partial charge in [-0.1, -0.05) is 91.4 Å². The third-order valence-corrected chi connectivity index (χ3v) is 4.89. The van der Waals surface area contributed by atoms with Crippen LogP contribution in [0.2, 0.25) is 0 Å². The van der Waals surface area contributed by atoms with E-state index in [0.29, 0.717) is 0 Å². The van der Waals surface area contributed by atoms with E-state index in [1.165, 1.54) is 24.0 Å². The first-order valence-corrected chi connectivity index (χ1v) is 8.31. The minimum atomic E-state index is 0.0829. The van der Waals surface area contributed by atoms with E-state index in [-0.39, 0.29) is 5.41 Å². The summed E-state index contributed by atoms with van der Waals surface area (Å²) in [6.07, 6.45) is 11.4. The van der Waals surface area contributed by atoms with Gasteiger partial charge in [0.1, 0.15) is 0 Å². The highest BCUT2D eigenvalue weighted by Gasteiger charge is 2.33. The van der Waals surface area contributed by atoms with E-state index in [4.69, 9.17) is 0 Å². The van der Waals surface area contributed by atoms with Crippen LogP contribution in [-0.4, -0.2) is 0 Å². The summed E-state index contributed by atoms with van der Waals surface area (Å²) in [4.78, 5) is 0. The second-order valence-electron chi connectivity index (χ2n) is 6.14. The van der Waals surface area contributed by atoms with Crippen LogP contribution in [0.25, 0.3) is 0 Å². The lowest BCUT2D eigenvalue weighted by Gasteiger charge is -2.35. The van der Waals surface area contributed by atoms with Crippen molar-refractivity contribution in [1.29, 1.82) is 0 Å². The zero-order chi connectivity index (χ0) is 15.3. The fraction of sp³-hybridized carbons (Fsp3) is 0.273. The molecule has 0 aliphatic heterocycles. The monoisotopic (exact) mass is 288 g/mol. The van der Waals surface area contributed by atoms with E-state index in [1.54, 1.807) is 5.57 Å². The van der Waals surface area contributed by atoms with E-state index in [0.717, 1.165) is 12.8 Å². The average Bonchev–Trinajstić information content (AvgIpc) is 2.62. The van der Waals surface area contributed by atoms with Gasteiger partial charge in [-0.25, -0.2) is 0 Å². The second kappa shape index (κ2) is 6.79. The molecule has 2 aromatic rings. The SMILES string of the molecule is CCC(CC1=CC=CCC1)(c1ccccc1)c1ccccc1. The molecule has 0 amide bonds. The Bertz CT molecular complexity index is 607. The van der Waals surface area contributed by atoms with Gasteiger partial charge < -0.3 is 0 Å². The summed E-state index contributed by atoms with van der Waals surface area (Å²) in [5.41, 5.74) is 4.51. The molecular formula is C22H24. The van der Waals surface area contributed by atoms with Gasteiger partial charge >= 0.3 is 0 Å². The van der Waals surface area contributed by atoms with Crippen LogP contribution in [0.1, 0.15) is 43.7 Å². The third-order valence-electron chi connectivity index (χ3n) is 4.89. The molecule has 0 spiro atoms. The smallest absolute Gasteiger partial charge is 0.0237 e. The summed E-state index contributed by atoms with van der Waals surface area (Å²) >= 11 is 0. The standard InChI is InChI=1S/C22H24/c1-2-22(20-14-8-4-9-15-20,21-16-10-5-11-17-21)18-19-12-6-3-7-13-19/h3-6,8-12,14-17H,2,7,13,18H2,1H3. The molecule has 3 rings (SSSR count). The highest BCUT2D eigenvalue weighted by Crippen LogP contribution is 2.42. The molecule has 22 heavy (non-hydrogen) atoms. The summed E-state index contributed by atoms with van der Waals surface area (Å²) < 4.78 is 0. The van der Waals surface area contributed by atoms with Crippen LogP contribution >= 0.6 is 0 Å². The summed E-state index contributed by atoms with van der Waals surface area (Å²) in [7, 11) is 0. The highest BCUT2D eigenvalue weighted by molar-refractivity contribution is 5.41. The van der Waals surface area contributed by atoms with Gasteiger partial charge in [0.15, 0.2) is 0 Å². The van der Waals surface area contributed by atoms with Crippen LogP contribution in [0.15, 0.2) is 84.5 Å². The van der Waals surface area contributed by atoms with Gasteiger partial charge in [-0.3, -0.25) is 0 Å². The molecule has 0 saturated heterocycles. The van der Waals surface area contributed by atoms with Crippen molar-refractivity contribution in [2.45, 2.75) is 38.0 Å². The van der Waals surface area contributed by atoms with Crippen molar-refractivity contribution in [3.05, 3.63) is 95.6 Å². The molecule has 0 nitrogen and oxygen atoms in total. The molecule has 0 saturated carbocycles. The predicted molar refractivity (Wildman–Crippen MR) is 95.0 cm³/mol. The summed E-state index contributed by atoms with van der Waals surface area (Å²) in [5, 5.41) is 0. The van der Waals surface area contributed by atoms with Crippen molar-refractivity contribution in [2.24, 2.45) is 0 Å². The van der Waals surface area contributed by atoms with E-state index < -0.39 is 0 Å². The molecule has 0 atom stereocenters. The van der Waals surface area contributed by atoms with Gasteiger partial charge in [-0.15, -0.1) is 0 Å². The van der Waals surface area contributed by atoms with Crippen molar-refractivity contribution < 1.29 is 0 Å². The van der Waals surface area contributed by atoms with Crippen molar-refractivity contribution >= 4 is 0 Å². The number of hydrogen-bond acceptors (Lipinski definition) is 0. The van der Waals surface area contributed by atoms with Gasteiger partial charge in [-0.05, 0) is 36.8 Å². The van der Waals surface area contributed by atoms with Gasteiger partial charge in [0.25, 0.3) is 0 Å². The molecule has 0 fully saturated rings. The van der Waals surface area contributed by atoms with Crippen LogP contribution in [0, 0.1) is 0 Å². The average molecular weight is 288 g/mol. The number of hydrogen-bond donors (Lipinski definition) is 0. The highest BCUT2D eigenvalue weighted by atomic mass is 14.4. The lowest BCUT2D eigenvalue weighted by atomic mass is 9.68. The van der Waals surface area contributed by atoms with Crippen molar-refractivity contribution in [1.82, 2.24) is 0 Å². The van der Waals surface area contributed by atoms with E-state index in [9.17, 15) is 0 Å². The fourth-order valence-corrected chi connectivity index (χ4v) is 3.61. The quantitative estimate of drug-likeness (QED) is 0.628. The maximum Gasteiger partial charge on any atom is 0.0237 e. The fourth-order valence-electron chi connectivity index (χ4n) is 3.61. The van der Waals surface area contributed by atoms with E-state index >= 15 is 0 Å². The van der Waals surface area contributed by atoms with Crippen molar-refractivity contribution in [3.8, 4) is 0 Å². The maximum atomic E-state index is 2.32. The molecule has 1 aliphatic rings. The molecule has 1 aliphatic carbocycles. The lowest BCUT2D eigenvalue weighted by Crippen LogP contribution is -2.28. The zero-order valence-corrected chi connectivity index (χ0v) is 13.3. The Morgan fingerprint density at radius 1 is 0.864 bits per heavy atom. The number of rotatable bonds is 5. The first-order chi connectivity index (χ1) is 10.8. The summed E-state index contributed by atoms with van der Waals surface area (Å²) in [6.45, 7) is 2.32. The number of allylic oxidation sites excluding steroid dienone is 4. The molecule has 0 N–H and O–H groups in total. The summed E-state index contributed by atoms with van der Waals surface area (Å²) in [6, 6.07) is 22.0. The van der Waals surface area contributed by atoms with Crippen molar-refractivity contribution in [3.63, 3.8) is 0 Å². The molecule has 0 bridgehead atoms. The van der Waals surface area contributed by atoms with Gasteiger partial charge in [-0.2, -0.15) is 0 Å². The Kier molecular flexibility index (Phi) is 4.58. The topological polar surface area (TPSA) is 0 Å². The Hall–Kier alpha value is -2.08. The first kappa shape index (κ1) is 14.8. The molecule has 2 aromatic carbocycles. The normalized spacial score (nSPS) is 14.7. The first-order valence-electron chi connectivity index (χ1n) is 8.31. The maximum absolute atomic E-state index is 2.32. The third kappa shape index (κ3) is 2.92. The Labute approximate surface area is 134 Å². The molecule has 0 radical (unpaired) electrons. The minimum absolute atomic E-state index is 0.0829. The minimum Gasteiger partial charge on any atom is -0.0842 e. The van der Waals surface area contributed by atoms with Gasteiger partial charge in [0, 0.05) is 5.41 Å². The molecule has 0 unspecified atom stereocenters. The van der Waals surface area contributed by atoms with Crippen molar-refractivity contribution in [2.75, 3.05) is 0 Å². The van der Waals surface area contributed by atoms with E-state index in [1.807, 2.05) is 0 Å². The largest absolute Gasteiger partial charge is 0.0842 e. The Balaban J connectivity index is 2.08. The van der Waals surface area contributed by atoms with Crippen LogP contribution in [0.4, 0.5) is 0 Å². The van der Waals surface area contributed by atoms with Crippen LogP contribution in [0.5, 0.6) is 0 Å². The molecule has 0 aromatic heterocycles. The zero-order valence-electron chi connectivity index (χ0n) is 13.3. The molecular weight excluding hydrogens is 264 g/mol. The number of benzene rings is 2. The molecule has 112 valence electrons. The second-order valence-corrected chi connectivity index (χ2v) is 6.14.